The Hall–Kier alpha value is -2.02. The molecule has 0 bridgehead atoms. The molecule has 0 aliphatic heterocycles. The smallest absolute Gasteiger partial charge is 0.260 e. The van der Waals surface area contributed by atoms with E-state index in [1.807, 2.05) is 23.6 Å². The number of nitrogens with one attached hydrogen (secondary N) is 1. The highest BCUT2D eigenvalue weighted by molar-refractivity contribution is 7.17. The molecule has 150 valence electrons. The summed E-state index contributed by atoms with van der Waals surface area (Å²) in [7, 11) is 0. The largest absolute Gasteiger partial charge is 0.389 e. The molecule has 0 aliphatic carbocycles. The third-order valence-electron chi connectivity index (χ3n) is 4.54. The summed E-state index contributed by atoms with van der Waals surface area (Å²) in [6, 6.07) is 8.08. The molecule has 3 aromatic rings. The van der Waals surface area contributed by atoms with Crippen molar-refractivity contribution in [2.45, 2.75) is 46.8 Å². The zero-order valence-electron chi connectivity index (χ0n) is 17.2. The van der Waals surface area contributed by atoms with Gasteiger partial charge in [-0.1, -0.05) is 38.1 Å². The minimum Gasteiger partial charge on any atom is -0.389 e. The first-order valence-corrected chi connectivity index (χ1v) is 10.5. The molecule has 2 aromatic heterocycles. The van der Waals surface area contributed by atoms with Crippen molar-refractivity contribution in [1.82, 2.24) is 14.9 Å². The molecule has 0 atom stereocenters. The number of aryl methyl sites for hydroxylation is 1. The van der Waals surface area contributed by atoms with Gasteiger partial charge in [0.15, 0.2) is 0 Å². The second-order valence-corrected chi connectivity index (χ2v) is 9.39. The predicted molar refractivity (Wildman–Crippen MR) is 117 cm³/mol. The lowest BCUT2D eigenvalue weighted by Gasteiger charge is -2.29. The van der Waals surface area contributed by atoms with Gasteiger partial charge in [-0.2, -0.15) is 0 Å². The Bertz CT molecular complexity index is 1010. The molecule has 1 aromatic carbocycles. The molecule has 2 N–H and O–H groups in total. The van der Waals surface area contributed by atoms with E-state index in [1.54, 1.807) is 13.8 Å². The van der Waals surface area contributed by atoms with Crippen molar-refractivity contribution in [2.75, 3.05) is 13.1 Å². The molecule has 6 heteroatoms. The Morgan fingerprint density at radius 1 is 1.25 bits per heavy atom. The molecule has 2 heterocycles. The van der Waals surface area contributed by atoms with Crippen LogP contribution < -0.4 is 5.56 Å². The molecule has 0 spiro atoms. The molecule has 28 heavy (non-hydrogen) atoms. The summed E-state index contributed by atoms with van der Waals surface area (Å²) in [5, 5.41) is 12.9. The predicted octanol–water partition coefficient (Wildman–Crippen LogP) is 4.19. The second-order valence-electron chi connectivity index (χ2n) is 8.53. The van der Waals surface area contributed by atoms with Crippen LogP contribution in [0.15, 0.2) is 34.4 Å². The van der Waals surface area contributed by atoms with E-state index < -0.39 is 5.60 Å². The van der Waals surface area contributed by atoms with Crippen LogP contribution in [0.4, 0.5) is 0 Å². The standard InChI is InChI=1S/C22H29N3O2S/c1-14(2)10-25(13-22(4,5)27)11-18-23-20(26)19-17(12-28-21(19)24-18)16-9-7-6-8-15(16)3/h6-9,12,14,27H,10-11,13H2,1-5H3,(H,23,24,26). The fraction of sp³-hybridized carbons (Fsp3) is 0.455. The summed E-state index contributed by atoms with van der Waals surface area (Å²) >= 11 is 1.50. The quantitative estimate of drug-likeness (QED) is 0.625. The number of aromatic amines is 1. The maximum absolute atomic E-state index is 12.9. The normalized spacial score (nSPS) is 12.4. The number of thiophene rings is 1. The van der Waals surface area contributed by atoms with Gasteiger partial charge in [-0.3, -0.25) is 9.69 Å². The zero-order valence-corrected chi connectivity index (χ0v) is 18.1. The van der Waals surface area contributed by atoms with Gasteiger partial charge in [-0.25, -0.2) is 4.98 Å². The SMILES string of the molecule is Cc1ccccc1-c1csc2nc(CN(CC(C)C)CC(C)(C)O)[nH]c(=O)c12. The average Bonchev–Trinajstić information content (AvgIpc) is 2.97. The van der Waals surface area contributed by atoms with Gasteiger partial charge in [0.2, 0.25) is 0 Å². The molecule has 0 radical (unpaired) electrons. The van der Waals surface area contributed by atoms with Gasteiger partial charge in [0, 0.05) is 24.0 Å². The second kappa shape index (κ2) is 8.15. The third-order valence-corrected chi connectivity index (χ3v) is 5.41. The third kappa shape index (κ3) is 4.87. The van der Waals surface area contributed by atoms with Crippen LogP contribution >= 0.6 is 11.3 Å². The van der Waals surface area contributed by atoms with E-state index in [2.05, 4.69) is 36.7 Å². The lowest BCUT2D eigenvalue weighted by Crippen LogP contribution is -2.40. The van der Waals surface area contributed by atoms with Gasteiger partial charge >= 0.3 is 0 Å². The number of benzene rings is 1. The first-order valence-electron chi connectivity index (χ1n) is 9.65. The Labute approximate surface area is 170 Å². The molecule has 3 rings (SSSR count). The molecule has 0 fully saturated rings. The first-order chi connectivity index (χ1) is 13.1. The Morgan fingerprint density at radius 2 is 1.96 bits per heavy atom. The van der Waals surface area contributed by atoms with E-state index >= 15 is 0 Å². The van der Waals surface area contributed by atoms with Gasteiger partial charge in [0.25, 0.3) is 5.56 Å². The minimum absolute atomic E-state index is 0.104. The van der Waals surface area contributed by atoms with E-state index in [-0.39, 0.29) is 5.56 Å². The van der Waals surface area contributed by atoms with Crippen molar-refractivity contribution in [3.8, 4) is 11.1 Å². The van der Waals surface area contributed by atoms with Crippen LogP contribution in [0.5, 0.6) is 0 Å². The van der Waals surface area contributed by atoms with Crippen molar-refractivity contribution in [3.05, 3.63) is 51.4 Å². The van der Waals surface area contributed by atoms with E-state index in [0.29, 0.717) is 30.2 Å². The van der Waals surface area contributed by atoms with E-state index in [1.165, 1.54) is 11.3 Å². The molecule has 0 unspecified atom stereocenters. The molecule has 0 saturated heterocycles. The van der Waals surface area contributed by atoms with Crippen molar-refractivity contribution < 1.29 is 5.11 Å². The van der Waals surface area contributed by atoms with Crippen LogP contribution in [0.25, 0.3) is 21.3 Å². The lowest BCUT2D eigenvalue weighted by atomic mass is 10.0. The Balaban J connectivity index is 1.96. The van der Waals surface area contributed by atoms with Crippen LogP contribution in [0.2, 0.25) is 0 Å². The van der Waals surface area contributed by atoms with Crippen molar-refractivity contribution in [3.63, 3.8) is 0 Å². The number of aliphatic hydroxyl groups is 1. The van der Waals surface area contributed by atoms with Crippen LogP contribution in [-0.4, -0.2) is 38.7 Å². The molecule has 0 aliphatic rings. The highest BCUT2D eigenvalue weighted by atomic mass is 32.1. The fourth-order valence-corrected chi connectivity index (χ4v) is 4.56. The van der Waals surface area contributed by atoms with E-state index in [4.69, 9.17) is 4.98 Å². The monoisotopic (exact) mass is 399 g/mol. The first kappa shape index (κ1) is 20.7. The zero-order chi connectivity index (χ0) is 20.5. The van der Waals surface area contributed by atoms with Gasteiger partial charge in [0.1, 0.15) is 10.7 Å². The summed E-state index contributed by atoms with van der Waals surface area (Å²) < 4.78 is 0. The number of aromatic nitrogens is 2. The van der Waals surface area contributed by atoms with Gasteiger partial charge in [-0.15, -0.1) is 11.3 Å². The molecular weight excluding hydrogens is 370 g/mol. The van der Waals surface area contributed by atoms with Crippen molar-refractivity contribution in [1.29, 1.82) is 0 Å². The number of fused-ring (bicyclic) bond motifs is 1. The Morgan fingerprint density at radius 3 is 2.61 bits per heavy atom. The molecule has 0 saturated carbocycles. The number of hydrogen-bond acceptors (Lipinski definition) is 5. The van der Waals surface area contributed by atoms with Crippen LogP contribution in [0, 0.1) is 12.8 Å². The number of hydrogen-bond donors (Lipinski definition) is 2. The van der Waals surface area contributed by atoms with Gasteiger partial charge < -0.3 is 10.1 Å². The Kier molecular flexibility index (Phi) is 6.03. The van der Waals surface area contributed by atoms with Crippen LogP contribution in [-0.2, 0) is 6.54 Å². The highest BCUT2D eigenvalue weighted by Gasteiger charge is 2.21. The summed E-state index contributed by atoms with van der Waals surface area (Å²) in [6.07, 6.45) is 0. The van der Waals surface area contributed by atoms with E-state index in [9.17, 15) is 9.90 Å². The lowest BCUT2D eigenvalue weighted by molar-refractivity contribution is 0.0289. The van der Waals surface area contributed by atoms with Crippen LogP contribution in [0.1, 0.15) is 39.1 Å². The number of rotatable bonds is 7. The van der Waals surface area contributed by atoms with Crippen LogP contribution in [0.3, 0.4) is 0 Å². The summed E-state index contributed by atoms with van der Waals surface area (Å²) in [4.78, 5) is 23.5. The summed E-state index contributed by atoms with van der Waals surface area (Å²) in [5.41, 5.74) is 2.23. The van der Waals surface area contributed by atoms with Crippen molar-refractivity contribution >= 4 is 21.6 Å². The maximum Gasteiger partial charge on any atom is 0.260 e. The topological polar surface area (TPSA) is 69.2 Å². The number of H-pyrrole nitrogens is 1. The molecule has 0 amide bonds. The van der Waals surface area contributed by atoms with Gasteiger partial charge in [-0.05, 0) is 37.8 Å². The minimum atomic E-state index is -0.805. The molecular formula is C22H29N3O2S. The highest BCUT2D eigenvalue weighted by Crippen LogP contribution is 2.32. The van der Waals surface area contributed by atoms with Crippen molar-refractivity contribution in [2.24, 2.45) is 5.92 Å². The average molecular weight is 400 g/mol. The molecule has 5 nitrogen and oxygen atoms in total. The van der Waals surface area contributed by atoms with E-state index in [0.717, 1.165) is 28.1 Å². The maximum atomic E-state index is 12.9. The number of nitrogens with zero attached hydrogens (tertiary/aromatic N) is 2. The van der Waals surface area contributed by atoms with Gasteiger partial charge in [0.05, 0.1) is 17.5 Å². The summed E-state index contributed by atoms with van der Waals surface area (Å²) in [5.74, 6) is 1.09. The summed E-state index contributed by atoms with van der Waals surface area (Å²) in [6.45, 7) is 11.8. The fourth-order valence-electron chi connectivity index (χ4n) is 3.60.